The van der Waals surface area contributed by atoms with E-state index < -0.39 is 5.97 Å². The van der Waals surface area contributed by atoms with Gasteiger partial charge < -0.3 is 19.5 Å². The molecule has 0 fully saturated rings. The van der Waals surface area contributed by atoms with E-state index in [1.807, 2.05) is 43.3 Å². The first-order valence-electron chi connectivity index (χ1n) is 7.97. The number of likely N-dealkylation sites (N-methyl/N-ethyl adjacent to an activating group) is 1. The normalized spacial score (nSPS) is 11.4. The van der Waals surface area contributed by atoms with Crippen LogP contribution in [0.5, 0.6) is 11.5 Å². The van der Waals surface area contributed by atoms with Crippen LogP contribution in [0.1, 0.15) is 11.1 Å². The summed E-state index contributed by atoms with van der Waals surface area (Å²) in [6.07, 6.45) is 1.63. The highest BCUT2D eigenvalue weighted by molar-refractivity contribution is 6.20. The molecule has 0 radical (unpaired) electrons. The Balaban J connectivity index is 2.32. The second-order valence-corrected chi connectivity index (χ2v) is 5.79. The fourth-order valence-corrected chi connectivity index (χ4v) is 2.29. The lowest BCUT2D eigenvalue weighted by Crippen LogP contribution is -2.19. The number of hydrogen-bond donors (Lipinski definition) is 1. The lowest BCUT2D eigenvalue weighted by atomic mass is 10.0. The van der Waals surface area contributed by atoms with E-state index in [-0.39, 0.29) is 5.57 Å². The average Bonchev–Trinajstić information content (AvgIpc) is 2.60. The van der Waals surface area contributed by atoms with Gasteiger partial charge in [0.05, 0.1) is 12.7 Å². The molecule has 2 aromatic rings. The topological polar surface area (TPSA) is 59.0 Å². The van der Waals surface area contributed by atoms with E-state index in [9.17, 15) is 9.90 Å². The molecule has 2 rings (SSSR count). The smallest absolute Gasteiger partial charge is 0.336 e. The molecule has 0 aromatic heterocycles. The number of ether oxygens (including phenoxy) is 2. The number of methoxy groups -OCH3 is 1. The van der Waals surface area contributed by atoms with Crippen molar-refractivity contribution in [2.24, 2.45) is 0 Å². The summed E-state index contributed by atoms with van der Waals surface area (Å²) in [6, 6.07) is 14.4. The molecule has 0 bridgehead atoms. The number of benzene rings is 2. The second-order valence-electron chi connectivity index (χ2n) is 5.79. The zero-order valence-electron chi connectivity index (χ0n) is 14.7. The van der Waals surface area contributed by atoms with Crippen LogP contribution in [0.15, 0.2) is 48.5 Å². The van der Waals surface area contributed by atoms with Crippen LogP contribution >= 0.6 is 0 Å². The van der Waals surface area contributed by atoms with Gasteiger partial charge >= 0.3 is 5.97 Å². The summed E-state index contributed by atoms with van der Waals surface area (Å²) in [4.78, 5) is 13.7. The predicted molar refractivity (Wildman–Crippen MR) is 99.0 cm³/mol. The Kier molecular flexibility index (Phi) is 6.60. The molecule has 0 aliphatic heterocycles. The van der Waals surface area contributed by atoms with Crippen molar-refractivity contribution in [2.75, 3.05) is 34.4 Å². The van der Waals surface area contributed by atoms with E-state index in [1.165, 1.54) is 0 Å². The molecular weight excluding hydrogens is 318 g/mol. The molecule has 5 nitrogen and oxygen atoms in total. The van der Waals surface area contributed by atoms with Gasteiger partial charge in [0.25, 0.3) is 0 Å². The first-order chi connectivity index (χ1) is 12.0. The summed E-state index contributed by atoms with van der Waals surface area (Å²) in [7, 11) is 5.52. The number of carbonyl (C=O) groups is 1. The molecule has 0 atom stereocenters. The van der Waals surface area contributed by atoms with Gasteiger partial charge in [0.2, 0.25) is 0 Å². The molecule has 25 heavy (non-hydrogen) atoms. The minimum Gasteiger partial charge on any atom is -0.493 e. The van der Waals surface area contributed by atoms with Crippen LogP contribution in [0.2, 0.25) is 0 Å². The van der Waals surface area contributed by atoms with Crippen molar-refractivity contribution in [1.29, 1.82) is 0 Å². The lowest BCUT2D eigenvalue weighted by molar-refractivity contribution is -0.130. The molecular formula is C20H23NO4. The first kappa shape index (κ1) is 18.5. The Morgan fingerprint density at radius 1 is 1.12 bits per heavy atom. The molecule has 0 saturated heterocycles. The third kappa shape index (κ3) is 5.36. The number of carboxylic acids is 1. The monoisotopic (exact) mass is 341 g/mol. The van der Waals surface area contributed by atoms with Crippen molar-refractivity contribution in [1.82, 2.24) is 4.90 Å². The molecule has 0 aliphatic rings. The predicted octanol–water partition coefficient (Wildman–Crippen LogP) is 3.26. The number of aliphatic carboxylic acids is 1. The first-order valence-corrected chi connectivity index (χ1v) is 7.97. The summed E-state index contributed by atoms with van der Waals surface area (Å²) >= 11 is 0. The summed E-state index contributed by atoms with van der Waals surface area (Å²) in [5.41, 5.74) is 1.62. The Hall–Kier alpha value is -2.79. The van der Waals surface area contributed by atoms with E-state index in [4.69, 9.17) is 9.47 Å². The Labute approximate surface area is 148 Å². The van der Waals surface area contributed by atoms with Crippen molar-refractivity contribution >= 4 is 17.6 Å². The maximum absolute atomic E-state index is 11.6. The van der Waals surface area contributed by atoms with Crippen LogP contribution in [0, 0.1) is 0 Å². The minimum atomic E-state index is -0.975. The summed E-state index contributed by atoms with van der Waals surface area (Å²) in [5, 5.41) is 9.53. The summed E-state index contributed by atoms with van der Waals surface area (Å²) < 4.78 is 11.1. The van der Waals surface area contributed by atoms with E-state index >= 15 is 0 Å². The molecule has 0 unspecified atom stereocenters. The Bertz CT molecular complexity index is 739. The highest BCUT2D eigenvalue weighted by Gasteiger charge is 2.11. The van der Waals surface area contributed by atoms with Crippen LogP contribution in [0.3, 0.4) is 0 Å². The lowest BCUT2D eigenvalue weighted by Gasteiger charge is -2.14. The van der Waals surface area contributed by atoms with Gasteiger partial charge in [-0.05, 0) is 43.4 Å². The molecule has 0 amide bonds. The Morgan fingerprint density at radius 3 is 2.44 bits per heavy atom. The van der Waals surface area contributed by atoms with Gasteiger partial charge in [-0.1, -0.05) is 36.4 Å². The Morgan fingerprint density at radius 2 is 1.84 bits per heavy atom. The SMILES string of the molecule is COc1ccc(/C=C(\C(=O)O)c2ccccc2)cc1OCCN(C)C. The molecule has 0 aliphatic carbocycles. The van der Waals surface area contributed by atoms with E-state index in [0.717, 1.165) is 12.1 Å². The number of rotatable bonds is 8. The molecule has 132 valence electrons. The summed E-state index contributed by atoms with van der Waals surface area (Å²) in [5.74, 6) is 0.237. The molecule has 1 N–H and O–H groups in total. The van der Waals surface area contributed by atoms with E-state index in [2.05, 4.69) is 0 Å². The van der Waals surface area contributed by atoms with E-state index in [0.29, 0.717) is 23.7 Å². The van der Waals surface area contributed by atoms with E-state index in [1.54, 1.807) is 37.5 Å². The van der Waals surface area contributed by atoms with Crippen LogP contribution < -0.4 is 9.47 Å². The highest BCUT2D eigenvalue weighted by Crippen LogP contribution is 2.30. The van der Waals surface area contributed by atoms with Crippen LogP contribution in [0.4, 0.5) is 0 Å². The van der Waals surface area contributed by atoms with Crippen LogP contribution in [-0.4, -0.2) is 50.3 Å². The molecule has 5 heteroatoms. The quantitative estimate of drug-likeness (QED) is 0.590. The van der Waals surface area contributed by atoms with Gasteiger partial charge in [-0.2, -0.15) is 0 Å². The zero-order valence-corrected chi connectivity index (χ0v) is 14.7. The third-order valence-corrected chi connectivity index (χ3v) is 3.61. The fourth-order valence-electron chi connectivity index (χ4n) is 2.29. The van der Waals surface area contributed by atoms with Crippen molar-refractivity contribution in [2.45, 2.75) is 0 Å². The summed E-state index contributed by atoms with van der Waals surface area (Å²) in [6.45, 7) is 1.29. The van der Waals surface area contributed by atoms with Crippen LogP contribution in [-0.2, 0) is 4.79 Å². The standard InChI is InChI=1S/C20H23NO4/c1-21(2)11-12-25-19-14-15(9-10-18(19)24-3)13-17(20(22)23)16-7-5-4-6-8-16/h4-10,13-14H,11-12H2,1-3H3,(H,22,23)/b17-13-. The minimum absolute atomic E-state index is 0.227. The highest BCUT2D eigenvalue weighted by atomic mass is 16.5. The molecule has 0 saturated carbocycles. The second kappa shape index (κ2) is 8.89. The molecule has 0 heterocycles. The van der Waals surface area contributed by atoms with Gasteiger partial charge in [0.15, 0.2) is 11.5 Å². The van der Waals surface area contributed by atoms with Crippen molar-refractivity contribution in [3.8, 4) is 11.5 Å². The number of nitrogens with zero attached hydrogens (tertiary/aromatic N) is 1. The molecule has 0 spiro atoms. The fraction of sp³-hybridized carbons (Fsp3) is 0.250. The average molecular weight is 341 g/mol. The van der Waals surface area contributed by atoms with Crippen molar-refractivity contribution in [3.63, 3.8) is 0 Å². The van der Waals surface area contributed by atoms with Gasteiger partial charge in [0.1, 0.15) is 6.61 Å². The van der Waals surface area contributed by atoms with Crippen LogP contribution in [0.25, 0.3) is 11.6 Å². The largest absolute Gasteiger partial charge is 0.493 e. The van der Waals surface area contributed by atoms with Crippen molar-refractivity contribution in [3.05, 3.63) is 59.7 Å². The van der Waals surface area contributed by atoms with Crippen molar-refractivity contribution < 1.29 is 19.4 Å². The zero-order chi connectivity index (χ0) is 18.2. The van der Waals surface area contributed by atoms with Gasteiger partial charge in [-0.15, -0.1) is 0 Å². The van der Waals surface area contributed by atoms with Gasteiger partial charge in [-0.25, -0.2) is 4.79 Å². The number of hydrogen-bond acceptors (Lipinski definition) is 4. The van der Waals surface area contributed by atoms with Gasteiger partial charge in [0, 0.05) is 6.54 Å². The maximum Gasteiger partial charge on any atom is 0.336 e. The van der Waals surface area contributed by atoms with Gasteiger partial charge in [-0.3, -0.25) is 0 Å². The third-order valence-electron chi connectivity index (χ3n) is 3.61. The molecule has 2 aromatic carbocycles. The number of carboxylic acid groups (broad SMARTS) is 1. The maximum atomic E-state index is 11.6.